The lowest BCUT2D eigenvalue weighted by Crippen LogP contribution is -2.08. The number of halogens is 1. The fourth-order valence-corrected chi connectivity index (χ4v) is 2.01. The smallest absolute Gasteiger partial charge is 0.132 e. The van der Waals surface area contributed by atoms with Crippen LogP contribution in [0.25, 0.3) is 0 Å². The second-order valence-corrected chi connectivity index (χ2v) is 4.75. The van der Waals surface area contributed by atoms with E-state index in [4.69, 9.17) is 4.74 Å². The molecule has 2 rings (SSSR count). The molecule has 0 aliphatic rings. The first-order valence-corrected chi connectivity index (χ1v) is 6.41. The summed E-state index contributed by atoms with van der Waals surface area (Å²) in [6.45, 7) is 3.69. The van der Waals surface area contributed by atoms with Crippen LogP contribution in [0.5, 0.6) is 11.5 Å². The average Bonchev–Trinajstić information content (AvgIpc) is 2.42. The number of anilines is 1. The van der Waals surface area contributed by atoms with Gasteiger partial charge in [-0.2, -0.15) is 0 Å². The summed E-state index contributed by atoms with van der Waals surface area (Å²) in [4.78, 5) is 0. The van der Waals surface area contributed by atoms with E-state index in [-0.39, 0.29) is 17.6 Å². The summed E-state index contributed by atoms with van der Waals surface area (Å²) in [6.07, 6.45) is 0. The molecule has 0 saturated heterocycles. The van der Waals surface area contributed by atoms with E-state index in [0.29, 0.717) is 11.3 Å². The Kier molecular flexibility index (Phi) is 4.13. The lowest BCUT2D eigenvalue weighted by molar-refractivity contribution is 0.410. The van der Waals surface area contributed by atoms with Gasteiger partial charge in [-0.1, -0.05) is 12.1 Å². The summed E-state index contributed by atoms with van der Waals surface area (Å²) in [7, 11) is 1.51. The Labute approximate surface area is 118 Å². The molecule has 1 atom stereocenters. The van der Waals surface area contributed by atoms with Crippen LogP contribution < -0.4 is 10.1 Å². The van der Waals surface area contributed by atoms with E-state index < -0.39 is 0 Å². The SMILES string of the molecule is COc1ccc(C(C)Nc2ccc(C)c(O)c2)c(F)c1. The lowest BCUT2D eigenvalue weighted by Gasteiger charge is -2.17. The van der Waals surface area contributed by atoms with E-state index in [1.54, 1.807) is 18.2 Å². The Morgan fingerprint density at radius 2 is 1.95 bits per heavy atom. The average molecular weight is 275 g/mol. The second-order valence-electron chi connectivity index (χ2n) is 4.75. The van der Waals surface area contributed by atoms with Crippen molar-refractivity contribution in [3.05, 3.63) is 53.3 Å². The van der Waals surface area contributed by atoms with Crippen LogP contribution in [0, 0.1) is 12.7 Å². The molecule has 20 heavy (non-hydrogen) atoms. The molecule has 0 aliphatic heterocycles. The summed E-state index contributed by atoms with van der Waals surface area (Å²) >= 11 is 0. The summed E-state index contributed by atoms with van der Waals surface area (Å²) in [5, 5.41) is 12.8. The molecular formula is C16H18FNO2. The molecule has 106 valence electrons. The number of aromatic hydroxyl groups is 1. The van der Waals surface area contributed by atoms with Gasteiger partial charge in [0, 0.05) is 23.4 Å². The van der Waals surface area contributed by atoms with Crippen molar-refractivity contribution in [1.82, 2.24) is 0 Å². The number of benzene rings is 2. The lowest BCUT2D eigenvalue weighted by atomic mass is 10.1. The summed E-state index contributed by atoms with van der Waals surface area (Å²) < 4.78 is 18.9. The van der Waals surface area contributed by atoms with Crippen molar-refractivity contribution >= 4 is 5.69 Å². The molecule has 0 radical (unpaired) electrons. The van der Waals surface area contributed by atoms with Gasteiger partial charge in [0.1, 0.15) is 17.3 Å². The molecule has 0 bridgehead atoms. The van der Waals surface area contributed by atoms with Crippen LogP contribution >= 0.6 is 0 Å². The largest absolute Gasteiger partial charge is 0.508 e. The minimum absolute atomic E-state index is 0.219. The van der Waals surface area contributed by atoms with Gasteiger partial charge in [0.2, 0.25) is 0 Å². The van der Waals surface area contributed by atoms with Gasteiger partial charge < -0.3 is 15.2 Å². The third-order valence-corrected chi connectivity index (χ3v) is 3.27. The molecule has 0 saturated carbocycles. The van der Waals surface area contributed by atoms with Crippen LogP contribution in [-0.4, -0.2) is 12.2 Å². The Hall–Kier alpha value is -2.23. The van der Waals surface area contributed by atoms with E-state index in [1.165, 1.54) is 13.2 Å². The van der Waals surface area contributed by atoms with Gasteiger partial charge in [0.25, 0.3) is 0 Å². The van der Waals surface area contributed by atoms with Crippen LogP contribution in [0.15, 0.2) is 36.4 Å². The Morgan fingerprint density at radius 3 is 2.55 bits per heavy atom. The molecule has 0 heterocycles. The monoisotopic (exact) mass is 275 g/mol. The number of phenolic OH excluding ortho intramolecular Hbond substituents is 1. The number of hydrogen-bond donors (Lipinski definition) is 2. The third-order valence-electron chi connectivity index (χ3n) is 3.27. The molecule has 2 aromatic rings. The molecule has 0 fully saturated rings. The number of phenols is 1. The van der Waals surface area contributed by atoms with Gasteiger partial charge in [0.05, 0.1) is 13.2 Å². The van der Waals surface area contributed by atoms with Crippen molar-refractivity contribution in [1.29, 1.82) is 0 Å². The van der Waals surface area contributed by atoms with E-state index in [2.05, 4.69) is 5.32 Å². The fraction of sp³-hybridized carbons (Fsp3) is 0.250. The van der Waals surface area contributed by atoms with Crippen molar-refractivity contribution in [2.24, 2.45) is 0 Å². The zero-order valence-electron chi connectivity index (χ0n) is 11.8. The van der Waals surface area contributed by atoms with Gasteiger partial charge in [0.15, 0.2) is 0 Å². The Bertz CT molecular complexity index is 613. The first kappa shape index (κ1) is 14.2. The minimum atomic E-state index is -0.319. The van der Waals surface area contributed by atoms with Crippen molar-refractivity contribution < 1.29 is 14.2 Å². The normalized spacial score (nSPS) is 12.0. The summed E-state index contributed by atoms with van der Waals surface area (Å²) in [6, 6.07) is 9.86. The van der Waals surface area contributed by atoms with E-state index >= 15 is 0 Å². The predicted molar refractivity (Wildman–Crippen MR) is 77.8 cm³/mol. The van der Waals surface area contributed by atoms with E-state index in [0.717, 1.165) is 11.3 Å². The summed E-state index contributed by atoms with van der Waals surface area (Å²) in [5.74, 6) is 0.393. The van der Waals surface area contributed by atoms with Crippen LogP contribution in [0.2, 0.25) is 0 Å². The number of methoxy groups -OCH3 is 1. The topological polar surface area (TPSA) is 41.5 Å². The highest BCUT2D eigenvalue weighted by Gasteiger charge is 2.12. The second kappa shape index (κ2) is 5.82. The fourth-order valence-electron chi connectivity index (χ4n) is 2.01. The van der Waals surface area contributed by atoms with Crippen molar-refractivity contribution in [2.75, 3.05) is 12.4 Å². The zero-order chi connectivity index (χ0) is 14.7. The molecule has 2 N–H and O–H groups in total. The molecule has 0 aliphatic carbocycles. The van der Waals surface area contributed by atoms with Gasteiger partial charge in [-0.3, -0.25) is 0 Å². The number of aryl methyl sites for hydroxylation is 1. The maximum Gasteiger partial charge on any atom is 0.132 e. The van der Waals surface area contributed by atoms with Crippen molar-refractivity contribution in [3.63, 3.8) is 0 Å². The molecule has 1 unspecified atom stereocenters. The van der Waals surface area contributed by atoms with Crippen LogP contribution in [0.1, 0.15) is 24.1 Å². The highest BCUT2D eigenvalue weighted by atomic mass is 19.1. The maximum atomic E-state index is 14.0. The highest BCUT2D eigenvalue weighted by Crippen LogP contribution is 2.27. The van der Waals surface area contributed by atoms with E-state index in [1.807, 2.05) is 26.0 Å². The molecule has 0 spiro atoms. The first-order chi connectivity index (χ1) is 9.51. The maximum absolute atomic E-state index is 14.0. The van der Waals surface area contributed by atoms with Gasteiger partial charge in [-0.25, -0.2) is 4.39 Å². The quantitative estimate of drug-likeness (QED) is 0.885. The highest BCUT2D eigenvalue weighted by molar-refractivity contribution is 5.52. The van der Waals surface area contributed by atoms with Crippen molar-refractivity contribution in [3.8, 4) is 11.5 Å². The number of nitrogens with one attached hydrogen (secondary N) is 1. The standard InChI is InChI=1S/C16H18FNO2/c1-10-4-5-12(8-16(10)19)18-11(2)14-7-6-13(20-3)9-15(14)17/h4-9,11,18-19H,1-3H3. The number of hydrogen-bond acceptors (Lipinski definition) is 3. The zero-order valence-corrected chi connectivity index (χ0v) is 11.8. The number of rotatable bonds is 4. The van der Waals surface area contributed by atoms with Gasteiger partial charge >= 0.3 is 0 Å². The van der Waals surface area contributed by atoms with Crippen LogP contribution in [-0.2, 0) is 0 Å². The summed E-state index contributed by atoms with van der Waals surface area (Å²) in [5.41, 5.74) is 2.10. The van der Waals surface area contributed by atoms with Gasteiger partial charge in [-0.05, 0) is 31.5 Å². The Morgan fingerprint density at radius 1 is 1.20 bits per heavy atom. The molecule has 0 amide bonds. The molecule has 0 aromatic heterocycles. The molecule has 3 nitrogen and oxygen atoms in total. The Balaban J connectivity index is 2.19. The molecule has 4 heteroatoms. The predicted octanol–water partition coefficient (Wildman–Crippen LogP) is 4.02. The molecular weight excluding hydrogens is 257 g/mol. The van der Waals surface area contributed by atoms with Gasteiger partial charge in [-0.15, -0.1) is 0 Å². The number of ether oxygens (including phenoxy) is 1. The van der Waals surface area contributed by atoms with Crippen LogP contribution in [0.4, 0.5) is 10.1 Å². The molecule has 2 aromatic carbocycles. The first-order valence-electron chi connectivity index (χ1n) is 6.41. The van der Waals surface area contributed by atoms with E-state index in [9.17, 15) is 9.50 Å². The minimum Gasteiger partial charge on any atom is -0.508 e. The third kappa shape index (κ3) is 3.02. The van der Waals surface area contributed by atoms with Crippen LogP contribution in [0.3, 0.4) is 0 Å². The van der Waals surface area contributed by atoms with Crippen molar-refractivity contribution in [2.45, 2.75) is 19.9 Å².